The molecule has 0 fully saturated rings. The molecule has 0 aliphatic carbocycles. The van der Waals surface area contributed by atoms with E-state index in [2.05, 4.69) is 26.3 Å². The van der Waals surface area contributed by atoms with E-state index in [0.29, 0.717) is 17.3 Å². The van der Waals surface area contributed by atoms with E-state index in [-0.39, 0.29) is 0 Å². The minimum atomic E-state index is 0.480. The summed E-state index contributed by atoms with van der Waals surface area (Å²) in [6.45, 7) is 1.97. The van der Waals surface area contributed by atoms with Gasteiger partial charge in [0.2, 0.25) is 0 Å². The molecule has 0 bridgehead atoms. The predicted octanol–water partition coefficient (Wildman–Crippen LogP) is 4.43. The van der Waals surface area contributed by atoms with Gasteiger partial charge in [0, 0.05) is 23.8 Å². The molecule has 6 nitrogen and oxygen atoms in total. The fraction of sp³-hybridized carbons (Fsp3) is 0.0952. The maximum Gasteiger partial charge on any atom is 0.161 e. The van der Waals surface area contributed by atoms with Crippen molar-refractivity contribution in [2.75, 3.05) is 23.0 Å². The highest BCUT2D eigenvalue weighted by Crippen LogP contribution is 2.33. The third-order valence-corrected chi connectivity index (χ3v) is 4.44. The first-order valence-electron chi connectivity index (χ1n) is 8.66. The Balaban J connectivity index is 1.73. The highest BCUT2D eigenvalue weighted by atomic mass is 15.2. The number of nitrogens with two attached hydrogens (primary N) is 1. The number of nitrogens with one attached hydrogen (secondary N) is 1. The second kappa shape index (κ2) is 6.92. The van der Waals surface area contributed by atoms with E-state index in [4.69, 9.17) is 5.73 Å². The first-order valence-corrected chi connectivity index (χ1v) is 8.66. The van der Waals surface area contributed by atoms with E-state index in [1.54, 1.807) is 0 Å². The van der Waals surface area contributed by atoms with Crippen LogP contribution >= 0.6 is 0 Å². The van der Waals surface area contributed by atoms with Crippen LogP contribution in [0.4, 0.5) is 28.7 Å². The molecule has 0 atom stereocenters. The van der Waals surface area contributed by atoms with E-state index < -0.39 is 0 Å². The third-order valence-electron chi connectivity index (χ3n) is 4.44. The van der Waals surface area contributed by atoms with Gasteiger partial charge in [-0.25, -0.2) is 9.97 Å². The van der Waals surface area contributed by atoms with Gasteiger partial charge >= 0.3 is 0 Å². The summed E-state index contributed by atoms with van der Waals surface area (Å²) in [7, 11) is 1.93. The average molecular weight is 356 g/mol. The Hall–Kier alpha value is -3.67. The Morgan fingerprint density at radius 1 is 0.926 bits per heavy atom. The molecule has 27 heavy (non-hydrogen) atoms. The van der Waals surface area contributed by atoms with Crippen molar-refractivity contribution in [3.05, 3.63) is 72.7 Å². The van der Waals surface area contributed by atoms with Crippen molar-refractivity contribution in [3.63, 3.8) is 0 Å². The third kappa shape index (κ3) is 3.25. The van der Waals surface area contributed by atoms with Gasteiger partial charge < -0.3 is 16.0 Å². The van der Waals surface area contributed by atoms with Crippen LogP contribution in [-0.2, 0) is 0 Å². The molecule has 4 aromatic rings. The number of anilines is 5. The summed E-state index contributed by atoms with van der Waals surface area (Å²) >= 11 is 0. The minimum absolute atomic E-state index is 0.480. The number of nitrogen functional groups attached to an aromatic ring is 1. The van der Waals surface area contributed by atoms with Gasteiger partial charge in [0.1, 0.15) is 12.0 Å². The van der Waals surface area contributed by atoms with Gasteiger partial charge in [0.25, 0.3) is 0 Å². The molecule has 3 N–H and O–H groups in total. The number of pyridine rings is 1. The van der Waals surface area contributed by atoms with Crippen molar-refractivity contribution in [1.29, 1.82) is 0 Å². The predicted molar refractivity (Wildman–Crippen MR) is 111 cm³/mol. The minimum Gasteiger partial charge on any atom is -0.393 e. The van der Waals surface area contributed by atoms with E-state index in [1.165, 1.54) is 6.33 Å². The van der Waals surface area contributed by atoms with Crippen LogP contribution in [0.5, 0.6) is 0 Å². The average Bonchev–Trinajstić information content (AvgIpc) is 2.70. The molecule has 0 saturated carbocycles. The molecule has 0 spiro atoms. The van der Waals surface area contributed by atoms with Gasteiger partial charge in [0.15, 0.2) is 11.6 Å². The van der Waals surface area contributed by atoms with Gasteiger partial charge in [-0.3, -0.25) is 4.98 Å². The van der Waals surface area contributed by atoms with Gasteiger partial charge in [-0.2, -0.15) is 0 Å². The van der Waals surface area contributed by atoms with Crippen molar-refractivity contribution in [3.8, 4) is 0 Å². The fourth-order valence-corrected chi connectivity index (χ4v) is 3.00. The number of aryl methyl sites for hydroxylation is 1. The monoisotopic (exact) mass is 356 g/mol. The lowest BCUT2D eigenvalue weighted by molar-refractivity contribution is 1.09. The zero-order valence-electron chi connectivity index (χ0n) is 15.2. The molecule has 0 unspecified atom stereocenters. The first kappa shape index (κ1) is 16.8. The standard InChI is InChI=1S/C21H20N6/c1-14-11-12-15-7-6-10-17(19(15)25-14)26-20-18(22)21(24-13-23-20)27(2)16-8-4-3-5-9-16/h3-13H,22H2,1-2H3,(H,23,24,26). The van der Waals surface area contributed by atoms with E-state index in [9.17, 15) is 0 Å². The number of benzene rings is 2. The second-order valence-corrected chi connectivity index (χ2v) is 6.31. The van der Waals surface area contributed by atoms with Crippen LogP contribution in [0.2, 0.25) is 0 Å². The SMILES string of the molecule is Cc1ccc2cccc(Nc3ncnc(N(C)c4ccccc4)c3N)c2n1. The van der Waals surface area contributed by atoms with Crippen LogP contribution in [0.15, 0.2) is 67.0 Å². The second-order valence-electron chi connectivity index (χ2n) is 6.31. The zero-order valence-corrected chi connectivity index (χ0v) is 15.2. The summed E-state index contributed by atoms with van der Waals surface area (Å²) in [5, 5.41) is 4.38. The summed E-state index contributed by atoms with van der Waals surface area (Å²) in [4.78, 5) is 15.3. The molecule has 2 heterocycles. The van der Waals surface area contributed by atoms with Crippen LogP contribution in [0.25, 0.3) is 10.9 Å². The van der Waals surface area contributed by atoms with Gasteiger partial charge in [-0.15, -0.1) is 0 Å². The summed E-state index contributed by atoms with van der Waals surface area (Å²) in [5.74, 6) is 1.20. The number of hydrogen-bond acceptors (Lipinski definition) is 6. The lowest BCUT2D eigenvalue weighted by Crippen LogP contribution is -2.15. The molecular weight excluding hydrogens is 336 g/mol. The Morgan fingerprint density at radius 3 is 2.56 bits per heavy atom. The number of nitrogens with zero attached hydrogens (tertiary/aromatic N) is 4. The van der Waals surface area contributed by atoms with Crippen molar-refractivity contribution in [2.45, 2.75) is 6.92 Å². The molecule has 2 aromatic carbocycles. The number of hydrogen-bond donors (Lipinski definition) is 2. The van der Waals surface area contributed by atoms with Crippen molar-refractivity contribution < 1.29 is 0 Å². The van der Waals surface area contributed by atoms with Crippen LogP contribution < -0.4 is 16.0 Å². The van der Waals surface area contributed by atoms with Crippen LogP contribution in [-0.4, -0.2) is 22.0 Å². The molecule has 2 aromatic heterocycles. The number of para-hydroxylation sites is 2. The number of fused-ring (bicyclic) bond motifs is 1. The molecule has 0 saturated heterocycles. The highest BCUT2D eigenvalue weighted by molar-refractivity contribution is 5.93. The summed E-state index contributed by atoms with van der Waals surface area (Å²) in [5.41, 5.74) is 10.6. The molecule has 6 heteroatoms. The maximum absolute atomic E-state index is 6.39. The molecule has 0 radical (unpaired) electrons. The van der Waals surface area contributed by atoms with Crippen molar-refractivity contribution >= 4 is 39.6 Å². The molecule has 0 aliphatic heterocycles. The molecule has 0 amide bonds. The van der Waals surface area contributed by atoms with Gasteiger partial charge in [-0.1, -0.05) is 36.4 Å². The van der Waals surface area contributed by atoms with E-state index >= 15 is 0 Å². The summed E-state index contributed by atoms with van der Waals surface area (Å²) in [6, 6.07) is 20.0. The fourth-order valence-electron chi connectivity index (χ4n) is 3.00. The van der Waals surface area contributed by atoms with Crippen LogP contribution in [0.1, 0.15) is 5.69 Å². The number of rotatable bonds is 4. The maximum atomic E-state index is 6.39. The normalized spacial score (nSPS) is 10.7. The van der Waals surface area contributed by atoms with Crippen molar-refractivity contribution in [1.82, 2.24) is 15.0 Å². The Morgan fingerprint density at radius 2 is 1.74 bits per heavy atom. The van der Waals surface area contributed by atoms with Gasteiger partial charge in [-0.05, 0) is 31.2 Å². The zero-order chi connectivity index (χ0) is 18.8. The number of aromatic nitrogens is 3. The lowest BCUT2D eigenvalue weighted by atomic mass is 10.1. The molecule has 134 valence electrons. The molecular formula is C21H20N6. The lowest BCUT2D eigenvalue weighted by Gasteiger charge is -2.21. The van der Waals surface area contributed by atoms with Crippen LogP contribution in [0.3, 0.4) is 0 Å². The molecule has 0 aliphatic rings. The van der Waals surface area contributed by atoms with Gasteiger partial charge in [0.05, 0.1) is 11.2 Å². The van der Waals surface area contributed by atoms with E-state index in [1.807, 2.05) is 73.5 Å². The van der Waals surface area contributed by atoms with Crippen molar-refractivity contribution in [2.24, 2.45) is 0 Å². The smallest absolute Gasteiger partial charge is 0.161 e. The van der Waals surface area contributed by atoms with E-state index in [0.717, 1.165) is 28.0 Å². The summed E-state index contributed by atoms with van der Waals surface area (Å²) in [6.07, 6.45) is 1.51. The summed E-state index contributed by atoms with van der Waals surface area (Å²) < 4.78 is 0. The Bertz CT molecular complexity index is 1090. The first-order chi connectivity index (χ1) is 13.1. The van der Waals surface area contributed by atoms with Crippen LogP contribution in [0, 0.1) is 6.92 Å². The highest BCUT2D eigenvalue weighted by Gasteiger charge is 2.14. The topological polar surface area (TPSA) is 80.0 Å². The molecule has 4 rings (SSSR count). The Labute approximate surface area is 157 Å². The Kier molecular flexibility index (Phi) is 4.30. The quantitative estimate of drug-likeness (QED) is 0.563. The largest absolute Gasteiger partial charge is 0.393 e.